The maximum Gasteiger partial charge on any atom is 0.141 e. The lowest BCUT2D eigenvalue weighted by atomic mass is 10.1. The minimum Gasteiger partial charge on any atom is -0.305 e. The third kappa shape index (κ3) is 3.07. The molecule has 0 radical (unpaired) electrons. The average Bonchev–Trinajstić information content (AvgIpc) is 2.40. The van der Waals surface area contributed by atoms with Crippen LogP contribution in [0.5, 0.6) is 0 Å². The minimum absolute atomic E-state index is 0.179. The summed E-state index contributed by atoms with van der Waals surface area (Å²) in [6, 6.07) is 1.29. The molecule has 0 spiro atoms. The number of hydrogen-bond donors (Lipinski definition) is 1. The molecule has 4 nitrogen and oxygen atoms in total. The highest BCUT2D eigenvalue weighted by atomic mass is 19.1. The van der Waals surface area contributed by atoms with Crippen LogP contribution in [0, 0.1) is 5.82 Å². The highest BCUT2D eigenvalue weighted by molar-refractivity contribution is 5.24. The van der Waals surface area contributed by atoms with Crippen LogP contribution in [0.1, 0.15) is 30.6 Å². The molecule has 0 aromatic carbocycles. The van der Waals surface area contributed by atoms with Crippen molar-refractivity contribution in [2.45, 2.75) is 19.4 Å². The molecule has 2 heterocycles. The van der Waals surface area contributed by atoms with Crippen molar-refractivity contribution >= 4 is 0 Å². The lowest BCUT2D eigenvalue weighted by Crippen LogP contribution is -2.24. The molecule has 2 aromatic rings. The topological polar surface area (TPSA) is 50.7 Å². The summed E-state index contributed by atoms with van der Waals surface area (Å²) in [6.45, 7) is 2.89. The van der Waals surface area contributed by atoms with Crippen LogP contribution < -0.4 is 5.32 Å². The highest BCUT2D eigenvalue weighted by Crippen LogP contribution is 2.19. The summed E-state index contributed by atoms with van der Waals surface area (Å²) >= 11 is 0. The van der Waals surface area contributed by atoms with Crippen molar-refractivity contribution in [1.82, 2.24) is 20.3 Å². The second kappa shape index (κ2) is 6.16. The van der Waals surface area contributed by atoms with E-state index in [1.165, 1.54) is 12.3 Å². The molecular weight excluding hydrogens is 231 g/mol. The van der Waals surface area contributed by atoms with Gasteiger partial charge < -0.3 is 5.32 Å². The van der Waals surface area contributed by atoms with E-state index in [0.29, 0.717) is 0 Å². The number of aromatic nitrogens is 3. The first kappa shape index (κ1) is 12.6. The summed E-state index contributed by atoms with van der Waals surface area (Å²) in [5, 5.41) is 3.32. The standard InChI is InChI=1S/C13H15FN4/c1-2-3-18-13(12-9-15-4-5-17-12)10-6-11(14)8-16-7-10/h4-9,13,18H,2-3H2,1H3. The van der Waals surface area contributed by atoms with E-state index in [9.17, 15) is 4.39 Å². The summed E-state index contributed by atoms with van der Waals surface area (Å²) in [7, 11) is 0. The molecule has 0 aliphatic heterocycles. The zero-order valence-corrected chi connectivity index (χ0v) is 10.2. The molecule has 2 aromatic heterocycles. The van der Waals surface area contributed by atoms with Crippen LogP contribution in [-0.4, -0.2) is 21.5 Å². The fourth-order valence-corrected chi connectivity index (χ4v) is 1.73. The first-order valence-corrected chi connectivity index (χ1v) is 5.91. The lowest BCUT2D eigenvalue weighted by Gasteiger charge is -2.17. The largest absolute Gasteiger partial charge is 0.305 e. The van der Waals surface area contributed by atoms with Crippen LogP contribution >= 0.6 is 0 Å². The van der Waals surface area contributed by atoms with E-state index in [1.54, 1.807) is 24.8 Å². The third-order valence-corrected chi connectivity index (χ3v) is 2.54. The molecule has 0 aliphatic rings. The molecule has 0 bridgehead atoms. The van der Waals surface area contributed by atoms with Gasteiger partial charge in [-0.25, -0.2) is 4.39 Å². The Morgan fingerprint density at radius 2 is 2.11 bits per heavy atom. The van der Waals surface area contributed by atoms with Crippen LogP contribution in [0.3, 0.4) is 0 Å². The molecule has 0 fully saturated rings. The van der Waals surface area contributed by atoms with Crippen LogP contribution in [-0.2, 0) is 0 Å². The van der Waals surface area contributed by atoms with E-state index in [-0.39, 0.29) is 11.9 Å². The van der Waals surface area contributed by atoms with Gasteiger partial charge in [-0.1, -0.05) is 6.92 Å². The van der Waals surface area contributed by atoms with Crippen LogP contribution in [0.25, 0.3) is 0 Å². The number of hydrogen-bond acceptors (Lipinski definition) is 4. The van der Waals surface area contributed by atoms with Gasteiger partial charge in [0, 0.05) is 18.6 Å². The van der Waals surface area contributed by atoms with E-state index < -0.39 is 0 Å². The Kier molecular flexibility index (Phi) is 4.30. The second-order valence-corrected chi connectivity index (χ2v) is 3.95. The Hall–Kier alpha value is -1.88. The zero-order chi connectivity index (χ0) is 12.8. The first-order valence-electron chi connectivity index (χ1n) is 5.91. The molecule has 5 heteroatoms. The molecule has 1 atom stereocenters. The molecular formula is C13H15FN4. The molecule has 2 rings (SSSR count). The fourth-order valence-electron chi connectivity index (χ4n) is 1.73. The number of rotatable bonds is 5. The third-order valence-electron chi connectivity index (χ3n) is 2.54. The SMILES string of the molecule is CCCNC(c1cncc(F)c1)c1cnccn1. The van der Waals surface area contributed by atoms with Crippen molar-refractivity contribution in [2.24, 2.45) is 0 Å². The Bertz CT molecular complexity index is 489. The summed E-state index contributed by atoms with van der Waals surface area (Å²) in [5.74, 6) is -0.348. The number of pyridine rings is 1. The monoisotopic (exact) mass is 246 g/mol. The van der Waals surface area contributed by atoms with Crippen molar-refractivity contribution in [3.8, 4) is 0 Å². The van der Waals surface area contributed by atoms with Crippen LogP contribution in [0.2, 0.25) is 0 Å². The second-order valence-electron chi connectivity index (χ2n) is 3.95. The maximum absolute atomic E-state index is 13.2. The summed E-state index contributed by atoms with van der Waals surface area (Å²) < 4.78 is 13.2. The molecule has 0 amide bonds. The predicted octanol–water partition coefficient (Wildman–Crippen LogP) is 2.10. The van der Waals surface area contributed by atoms with Crippen molar-refractivity contribution in [3.63, 3.8) is 0 Å². The van der Waals surface area contributed by atoms with Gasteiger partial charge in [-0.05, 0) is 24.6 Å². The number of nitrogens with zero attached hydrogens (tertiary/aromatic N) is 3. The first-order chi connectivity index (χ1) is 8.81. The maximum atomic E-state index is 13.2. The van der Waals surface area contributed by atoms with Gasteiger partial charge in [-0.2, -0.15) is 0 Å². The van der Waals surface area contributed by atoms with Gasteiger partial charge in [0.2, 0.25) is 0 Å². The van der Waals surface area contributed by atoms with Gasteiger partial charge in [0.15, 0.2) is 0 Å². The number of nitrogens with one attached hydrogen (secondary N) is 1. The highest BCUT2D eigenvalue weighted by Gasteiger charge is 2.15. The van der Waals surface area contributed by atoms with Crippen molar-refractivity contribution in [2.75, 3.05) is 6.54 Å². The van der Waals surface area contributed by atoms with E-state index >= 15 is 0 Å². The Labute approximate surface area is 105 Å². The van der Waals surface area contributed by atoms with Crippen molar-refractivity contribution in [3.05, 3.63) is 54.1 Å². The molecule has 1 N–H and O–H groups in total. The van der Waals surface area contributed by atoms with E-state index in [0.717, 1.165) is 24.2 Å². The molecule has 0 saturated heterocycles. The van der Waals surface area contributed by atoms with E-state index in [4.69, 9.17) is 0 Å². The Morgan fingerprint density at radius 1 is 1.22 bits per heavy atom. The Balaban J connectivity index is 2.31. The summed E-state index contributed by atoms with van der Waals surface area (Å²) in [5.41, 5.74) is 1.52. The quantitative estimate of drug-likeness (QED) is 0.877. The number of halogens is 1. The van der Waals surface area contributed by atoms with Gasteiger partial charge in [0.05, 0.1) is 24.1 Å². The smallest absolute Gasteiger partial charge is 0.141 e. The van der Waals surface area contributed by atoms with Gasteiger partial charge in [0.1, 0.15) is 5.82 Å². The molecule has 0 aliphatic carbocycles. The van der Waals surface area contributed by atoms with E-state index in [1.807, 2.05) is 0 Å². The molecule has 0 saturated carbocycles. The minimum atomic E-state index is -0.348. The fraction of sp³-hybridized carbons (Fsp3) is 0.308. The summed E-state index contributed by atoms with van der Waals surface area (Å²) in [6.07, 6.45) is 8.74. The van der Waals surface area contributed by atoms with Crippen LogP contribution in [0.15, 0.2) is 37.1 Å². The molecule has 94 valence electrons. The normalized spacial score (nSPS) is 12.3. The molecule has 1 unspecified atom stereocenters. The van der Waals surface area contributed by atoms with Gasteiger partial charge >= 0.3 is 0 Å². The summed E-state index contributed by atoms with van der Waals surface area (Å²) in [4.78, 5) is 12.2. The Morgan fingerprint density at radius 3 is 2.78 bits per heavy atom. The van der Waals surface area contributed by atoms with Gasteiger partial charge in [0.25, 0.3) is 0 Å². The zero-order valence-electron chi connectivity index (χ0n) is 10.2. The van der Waals surface area contributed by atoms with E-state index in [2.05, 4.69) is 27.2 Å². The van der Waals surface area contributed by atoms with Crippen molar-refractivity contribution in [1.29, 1.82) is 0 Å². The van der Waals surface area contributed by atoms with Gasteiger partial charge in [-0.3, -0.25) is 15.0 Å². The average molecular weight is 246 g/mol. The molecule has 18 heavy (non-hydrogen) atoms. The lowest BCUT2D eigenvalue weighted by molar-refractivity contribution is 0.570. The predicted molar refractivity (Wildman–Crippen MR) is 66.4 cm³/mol. The van der Waals surface area contributed by atoms with Crippen molar-refractivity contribution < 1.29 is 4.39 Å². The van der Waals surface area contributed by atoms with Gasteiger partial charge in [-0.15, -0.1) is 0 Å². The van der Waals surface area contributed by atoms with Crippen LogP contribution in [0.4, 0.5) is 4.39 Å².